The van der Waals surface area contributed by atoms with Crippen LogP contribution < -0.4 is 9.47 Å². The van der Waals surface area contributed by atoms with Crippen molar-refractivity contribution in [1.82, 2.24) is 0 Å². The monoisotopic (exact) mass is 340 g/mol. The first kappa shape index (κ1) is 15.2. The standard InChI is InChI=1S/C11H14BrFO4S/c1-3-4-17-11-9(12)5-8(6-10(11)16-2)7-18(13,14)15/h5-6H,3-4,7H2,1-2H3. The molecular formula is C11H14BrFO4S. The Morgan fingerprint density at radius 3 is 2.56 bits per heavy atom. The van der Waals surface area contributed by atoms with Crippen LogP contribution in [-0.4, -0.2) is 22.1 Å². The number of benzene rings is 1. The van der Waals surface area contributed by atoms with Gasteiger partial charge in [-0.3, -0.25) is 0 Å². The van der Waals surface area contributed by atoms with Crippen molar-refractivity contribution in [2.24, 2.45) is 0 Å². The summed E-state index contributed by atoms with van der Waals surface area (Å²) in [5, 5.41) is 0. The molecule has 0 aliphatic heterocycles. The number of hydrogen-bond acceptors (Lipinski definition) is 4. The molecule has 102 valence electrons. The van der Waals surface area contributed by atoms with E-state index in [2.05, 4.69) is 15.9 Å². The number of hydrogen-bond donors (Lipinski definition) is 0. The molecule has 0 radical (unpaired) electrons. The Labute approximate surface area is 114 Å². The summed E-state index contributed by atoms with van der Waals surface area (Å²) in [5.41, 5.74) is 0.296. The summed E-state index contributed by atoms with van der Waals surface area (Å²) in [4.78, 5) is 0. The van der Waals surface area contributed by atoms with Gasteiger partial charge in [0, 0.05) is 0 Å². The van der Waals surface area contributed by atoms with Gasteiger partial charge >= 0.3 is 10.2 Å². The maximum atomic E-state index is 12.6. The largest absolute Gasteiger partial charge is 0.493 e. The molecule has 0 heterocycles. The van der Waals surface area contributed by atoms with Gasteiger partial charge in [-0.25, -0.2) is 0 Å². The highest BCUT2D eigenvalue weighted by atomic mass is 79.9. The van der Waals surface area contributed by atoms with Crippen LogP contribution in [0.5, 0.6) is 11.5 Å². The number of rotatable bonds is 6. The summed E-state index contributed by atoms with van der Waals surface area (Å²) in [7, 11) is -3.13. The third-order valence-electron chi connectivity index (χ3n) is 2.08. The van der Waals surface area contributed by atoms with Crippen LogP contribution in [0.4, 0.5) is 3.89 Å². The van der Waals surface area contributed by atoms with E-state index in [9.17, 15) is 12.3 Å². The highest BCUT2D eigenvalue weighted by Crippen LogP contribution is 2.37. The summed E-state index contributed by atoms with van der Waals surface area (Å²) in [6.07, 6.45) is 0.830. The van der Waals surface area contributed by atoms with Crippen molar-refractivity contribution in [3.05, 3.63) is 22.2 Å². The van der Waals surface area contributed by atoms with Crippen molar-refractivity contribution < 1.29 is 21.8 Å². The van der Waals surface area contributed by atoms with Crippen molar-refractivity contribution in [2.45, 2.75) is 19.1 Å². The van der Waals surface area contributed by atoms with E-state index in [4.69, 9.17) is 9.47 Å². The summed E-state index contributed by atoms with van der Waals surface area (Å²) in [6.45, 7) is 2.47. The van der Waals surface area contributed by atoms with Crippen LogP contribution >= 0.6 is 15.9 Å². The Morgan fingerprint density at radius 2 is 2.06 bits per heavy atom. The Hall–Kier alpha value is -0.820. The zero-order chi connectivity index (χ0) is 13.8. The second-order valence-corrected chi connectivity index (χ2v) is 5.86. The van der Waals surface area contributed by atoms with Gasteiger partial charge in [0.25, 0.3) is 0 Å². The quantitative estimate of drug-likeness (QED) is 0.747. The fourth-order valence-electron chi connectivity index (χ4n) is 1.40. The molecule has 0 fully saturated rings. The maximum absolute atomic E-state index is 12.6. The number of halogens is 2. The van der Waals surface area contributed by atoms with Gasteiger partial charge in [0.05, 0.1) is 18.2 Å². The van der Waals surface area contributed by atoms with Gasteiger partial charge in [0.2, 0.25) is 0 Å². The Kier molecular flexibility index (Phi) is 5.40. The molecule has 7 heteroatoms. The first-order valence-electron chi connectivity index (χ1n) is 5.29. The second kappa shape index (κ2) is 6.38. The minimum Gasteiger partial charge on any atom is -0.493 e. The molecule has 0 amide bonds. The lowest BCUT2D eigenvalue weighted by Gasteiger charge is -2.13. The second-order valence-electron chi connectivity index (χ2n) is 3.64. The van der Waals surface area contributed by atoms with E-state index in [1.54, 1.807) is 0 Å². The predicted molar refractivity (Wildman–Crippen MR) is 70.2 cm³/mol. The summed E-state index contributed by atoms with van der Waals surface area (Å²) in [5.74, 6) is 0.173. The van der Waals surface area contributed by atoms with Crippen LogP contribution in [-0.2, 0) is 16.0 Å². The van der Waals surface area contributed by atoms with Crippen molar-refractivity contribution >= 4 is 26.2 Å². The molecule has 0 saturated carbocycles. The fraction of sp³-hybridized carbons (Fsp3) is 0.455. The molecule has 0 N–H and O–H groups in total. The van der Waals surface area contributed by atoms with Crippen LogP contribution in [0.25, 0.3) is 0 Å². The van der Waals surface area contributed by atoms with Crippen LogP contribution in [0.1, 0.15) is 18.9 Å². The molecule has 4 nitrogen and oxygen atoms in total. The Bertz CT molecular complexity index is 516. The SMILES string of the molecule is CCCOc1c(Br)cc(CS(=O)(=O)F)cc1OC. The number of methoxy groups -OCH3 is 1. The van der Waals surface area contributed by atoms with Gasteiger partial charge in [-0.15, -0.1) is 3.89 Å². The lowest BCUT2D eigenvalue weighted by atomic mass is 10.2. The van der Waals surface area contributed by atoms with E-state index in [1.165, 1.54) is 19.2 Å². The van der Waals surface area contributed by atoms with Crippen molar-refractivity contribution in [3.63, 3.8) is 0 Å². The van der Waals surface area contributed by atoms with Crippen molar-refractivity contribution in [2.75, 3.05) is 13.7 Å². The van der Waals surface area contributed by atoms with E-state index in [1.807, 2.05) is 6.92 Å². The van der Waals surface area contributed by atoms with Gasteiger partial charge in [-0.1, -0.05) is 6.92 Å². The molecule has 1 aromatic carbocycles. The first-order valence-corrected chi connectivity index (χ1v) is 7.63. The third kappa shape index (κ3) is 4.45. The summed E-state index contributed by atoms with van der Waals surface area (Å²) < 4.78 is 45.0. The topological polar surface area (TPSA) is 52.6 Å². The molecular weight excluding hydrogens is 327 g/mol. The van der Waals surface area contributed by atoms with E-state index < -0.39 is 16.0 Å². The highest BCUT2D eigenvalue weighted by molar-refractivity contribution is 9.10. The smallest absolute Gasteiger partial charge is 0.306 e. The predicted octanol–water partition coefficient (Wildman–Crippen LogP) is 3.05. The average molecular weight is 341 g/mol. The lowest BCUT2D eigenvalue weighted by molar-refractivity contribution is 0.292. The van der Waals surface area contributed by atoms with Crippen LogP contribution in [0.3, 0.4) is 0 Å². The zero-order valence-corrected chi connectivity index (χ0v) is 12.5. The Balaban J connectivity index is 3.10. The minimum absolute atomic E-state index is 0.296. The van der Waals surface area contributed by atoms with Crippen molar-refractivity contribution in [3.8, 4) is 11.5 Å². The first-order chi connectivity index (χ1) is 8.37. The summed E-state index contributed by atoms with van der Waals surface area (Å²) in [6, 6.07) is 2.96. The van der Waals surface area contributed by atoms with Gasteiger partial charge in [0.15, 0.2) is 11.5 Å². The van der Waals surface area contributed by atoms with Crippen LogP contribution in [0, 0.1) is 0 Å². The highest BCUT2D eigenvalue weighted by Gasteiger charge is 2.15. The molecule has 0 saturated heterocycles. The average Bonchev–Trinajstić information content (AvgIpc) is 2.24. The van der Waals surface area contributed by atoms with Gasteiger partial charge in [-0.2, -0.15) is 8.42 Å². The molecule has 0 atom stereocenters. The van der Waals surface area contributed by atoms with E-state index >= 15 is 0 Å². The van der Waals surface area contributed by atoms with Gasteiger partial charge in [0.1, 0.15) is 5.75 Å². The van der Waals surface area contributed by atoms with Crippen LogP contribution in [0.15, 0.2) is 16.6 Å². The lowest BCUT2D eigenvalue weighted by Crippen LogP contribution is -2.01. The molecule has 0 aliphatic rings. The van der Waals surface area contributed by atoms with E-state index in [-0.39, 0.29) is 0 Å². The molecule has 0 spiro atoms. The minimum atomic E-state index is -4.57. The third-order valence-corrected chi connectivity index (χ3v) is 3.35. The Morgan fingerprint density at radius 1 is 1.39 bits per heavy atom. The van der Waals surface area contributed by atoms with Crippen molar-refractivity contribution in [1.29, 1.82) is 0 Å². The molecule has 1 aromatic rings. The molecule has 0 bridgehead atoms. The molecule has 0 unspecified atom stereocenters. The van der Waals surface area contributed by atoms with E-state index in [0.717, 1.165) is 6.42 Å². The van der Waals surface area contributed by atoms with Gasteiger partial charge in [-0.05, 0) is 40.0 Å². The molecule has 18 heavy (non-hydrogen) atoms. The van der Waals surface area contributed by atoms with Gasteiger partial charge < -0.3 is 9.47 Å². The van der Waals surface area contributed by atoms with Crippen LogP contribution in [0.2, 0.25) is 0 Å². The zero-order valence-electron chi connectivity index (χ0n) is 10.1. The molecule has 1 rings (SSSR count). The molecule has 0 aliphatic carbocycles. The number of ether oxygens (including phenoxy) is 2. The maximum Gasteiger partial charge on any atom is 0.306 e. The fourth-order valence-corrected chi connectivity index (χ4v) is 2.57. The normalized spacial score (nSPS) is 11.3. The summed E-state index contributed by atoms with van der Waals surface area (Å²) >= 11 is 3.25. The molecule has 0 aromatic heterocycles. The van der Waals surface area contributed by atoms with E-state index in [0.29, 0.717) is 28.1 Å².